The van der Waals surface area contributed by atoms with Crippen molar-refractivity contribution in [3.05, 3.63) is 64.1 Å². The first-order chi connectivity index (χ1) is 8.16. The monoisotopic (exact) mass is 293 g/mol. The van der Waals surface area contributed by atoms with Gasteiger partial charge in [0.05, 0.1) is 10.9 Å². The number of nitrogens with zero attached hydrogens (tertiary/aromatic N) is 1. The van der Waals surface area contributed by atoms with Crippen LogP contribution in [0, 0.1) is 5.82 Å². The molecule has 1 aromatic carbocycles. The van der Waals surface area contributed by atoms with Crippen LogP contribution in [0.3, 0.4) is 0 Å². The Balaban J connectivity index is 2.18. The fourth-order valence-corrected chi connectivity index (χ4v) is 1.69. The molecule has 1 aromatic heterocycles. The predicted molar refractivity (Wildman–Crippen MR) is 66.4 cm³/mol. The van der Waals surface area contributed by atoms with E-state index < -0.39 is 5.82 Å². The summed E-state index contributed by atoms with van der Waals surface area (Å²) in [6, 6.07) is 9.73. The van der Waals surface area contributed by atoms with E-state index >= 15 is 0 Å². The maximum absolute atomic E-state index is 13.3. The lowest BCUT2D eigenvalue weighted by Crippen LogP contribution is -2.05. The maximum Gasteiger partial charge on any atom is 0.168 e. The molecular weight excluding hydrogens is 285 g/mol. The van der Waals surface area contributed by atoms with Gasteiger partial charge in [-0.2, -0.15) is 0 Å². The highest BCUT2D eigenvalue weighted by atomic mass is 79.9. The van der Waals surface area contributed by atoms with Gasteiger partial charge >= 0.3 is 0 Å². The summed E-state index contributed by atoms with van der Waals surface area (Å²) < 4.78 is 13.6. The molecule has 2 rings (SSSR count). The number of carbonyl (C=O) groups is 1. The van der Waals surface area contributed by atoms with E-state index in [0.29, 0.717) is 15.7 Å². The molecule has 0 spiro atoms. The molecule has 1 heterocycles. The highest BCUT2D eigenvalue weighted by Gasteiger charge is 2.10. The lowest BCUT2D eigenvalue weighted by atomic mass is 10.1. The van der Waals surface area contributed by atoms with E-state index in [2.05, 4.69) is 20.9 Å². The molecule has 0 N–H and O–H groups in total. The summed E-state index contributed by atoms with van der Waals surface area (Å²) in [5, 5.41) is 0. The Morgan fingerprint density at radius 2 is 2.12 bits per heavy atom. The van der Waals surface area contributed by atoms with Crippen molar-refractivity contribution in [1.82, 2.24) is 4.98 Å². The Morgan fingerprint density at radius 1 is 1.29 bits per heavy atom. The molecule has 0 saturated heterocycles. The Hall–Kier alpha value is -1.55. The van der Waals surface area contributed by atoms with Crippen molar-refractivity contribution in [2.75, 3.05) is 0 Å². The molecule has 0 saturated carbocycles. The van der Waals surface area contributed by atoms with Crippen LogP contribution in [0.4, 0.5) is 4.39 Å². The molecule has 0 atom stereocenters. The van der Waals surface area contributed by atoms with Crippen LogP contribution in [0.2, 0.25) is 0 Å². The van der Waals surface area contributed by atoms with Gasteiger partial charge in [-0.25, -0.2) is 4.39 Å². The lowest BCUT2D eigenvalue weighted by molar-refractivity contribution is 0.0991. The molecule has 86 valence electrons. The van der Waals surface area contributed by atoms with Gasteiger partial charge in [0.25, 0.3) is 0 Å². The molecule has 0 fully saturated rings. The summed E-state index contributed by atoms with van der Waals surface area (Å²) in [7, 11) is 0. The minimum absolute atomic E-state index is 0.143. The van der Waals surface area contributed by atoms with Crippen LogP contribution in [0.1, 0.15) is 16.1 Å². The van der Waals surface area contributed by atoms with E-state index in [1.54, 1.807) is 24.4 Å². The molecule has 0 unspecified atom stereocenters. The molecule has 0 bridgehead atoms. The van der Waals surface area contributed by atoms with Gasteiger partial charge in [-0.05, 0) is 40.2 Å². The van der Waals surface area contributed by atoms with E-state index in [-0.39, 0.29) is 12.2 Å². The average Bonchev–Trinajstić information content (AvgIpc) is 2.34. The fourth-order valence-electron chi connectivity index (χ4n) is 1.44. The minimum Gasteiger partial charge on any atom is -0.294 e. The van der Waals surface area contributed by atoms with Crippen molar-refractivity contribution in [3.63, 3.8) is 0 Å². The smallest absolute Gasteiger partial charge is 0.168 e. The third-order valence-corrected chi connectivity index (χ3v) is 2.95. The van der Waals surface area contributed by atoms with Crippen LogP contribution in [-0.4, -0.2) is 10.8 Å². The van der Waals surface area contributed by atoms with E-state index in [4.69, 9.17) is 0 Å². The minimum atomic E-state index is -0.433. The summed E-state index contributed by atoms with van der Waals surface area (Å²) >= 11 is 3.05. The Morgan fingerprint density at radius 3 is 2.76 bits per heavy atom. The number of carbonyl (C=O) groups excluding carboxylic acids is 1. The van der Waals surface area contributed by atoms with Gasteiger partial charge in [0.15, 0.2) is 5.78 Å². The van der Waals surface area contributed by atoms with Crippen molar-refractivity contribution >= 4 is 21.7 Å². The third kappa shape index (κ3) is 2.97. The molecule has 0 aliphatic rings. The molecular formula is C13H9BrFNO. The second kappa shape index (κ2) is 5.19. The Kier molecular flexibility index (Phi) is 3.64. The average molecular weight is 294 g/mol. The summed E-state index contributed by atoms with van der Waals surface area (Å²) in [5.41, 5.74) is 1.04. The number of aromatic nitrogens is 1. The second-order valence-electron chi connectivity index (χ2n) is 3.55. The highest BCUT2D eigenvalue weighted by molar-refractivity contribution is 9.10. The molecule has 17 heavy (non-hydrogen) atoms. The van der Waals surface area contributed by atoms with Gasteiger partial charge in [0, 0.05) is 17.5 Å². The molecule has 0 aliphatic carbocycles. The second-order valence-corrected chi connectivity index (χ2v) is 4.40. The summed E-state index contributed by atoms with van der Waals surface area (Å²) in [4.78, 5) is 15.9. The van der Waals surface area contributed by atoms with Crippen LogP contribution >= 0.6 is 15.9 Å². The molecule has 0 radical (unpaired) electrons. The first-order valence-electron chi connectivity index (χ1n) is 5.05. The van der Waals surface area contributed by atoms with E-state index in [1.165, 1.54) is 12.1 Å². The van der Waals surface area contributed by atoms with Crippen LogP contribution in [-0.2, 0) is 6.42 Å². The third-order valence-electron chi connectivity index (χ3n) is 2.31. The Bertz CT molecular complexity index is 542. The molecule has 2 nitrogen and oxygen atoms in total. The van der Waals surface area contributed by atoms with Gasteiger partial charge in [0.1, 0.15) is 5.82 Å². The van der Waals surface area contributed by atoms with Crippen LogP contribution in [0.5, 0.6) is 0 Å². The number of Topliss-reactive ketones (excluding diaryl/α,β-unsaturated/α-hetero) is 1. The van der Waals surface area contributed by atoms with Crippen molar-refractivity contribution in [2.24, 2.45) is 0 Å². The largest absolute Gasteiger partial charge is 0.294 e. The number of rotatable bonds is 3. The first kappa shape index (κ1) is 11.9. The lowest BCUT2D eigenvalue weighted by Gasteiger charge is -2.02. The van der Waals surface area contributed by atoms with Crippen molar-refractivity contribution in [1.29, 1.82) is 0 Å². The van der Waals surface area contributed by atoms with Gasteiger partial charge in [-0.1, -0.05) is 12.1 Å². The fraction of sp³-hybridized carbons (Fsp3) is 0.0769. The number of pyridine rings is 1. The predicted octanol–water partition coefficient (Wildman–Crippen LogP) is 3.41. The molecule has 0 amide bonds. The highest BCUT2D eigenvalue weighted by Crippen LogP contribution is 2.17. The van der Waals surface area contributed by atoms with Crippen molar-refractivity contribution in [2.45, 2.75) is 6.42 Å². The number of benzene rings is 1. The van der Waals surface area contributed by atoms with Crippen LogP contribution in [0.25, 0.3) is 0 Å². The standard InChI is InChI=1S/C13H9BrFNO/c14-11-5-4-9(7-12(11)15)13(17)8-10-3-1-2-6-16-10/h1-7H,8H2. The first-order valence-corrected chi connectivity index (χ1v) is 5.84. The van der Waals surface area contributed by atoms with E-state index in [0.717, 1.165) is 0 Å². The topological polar surface area (TPSA) is 30.0 Å². The zero-order valence-electron chi connectivity index (χ0n) is 8.86. The van der Waals surface area contributed by atoms with E-state index in [1.807, 2.05) is 6.07 Å². The molecule has 4 heteroatoms. The molecule has 0 aliphatic heterocycles. The number of hydrogen-bond acceptors (Lipinski definition) is 2. The van der Waals surface area contributed by atoms with Gasteiger partial charge in [0.2, 0.25) is 0 Å². The number of halogens is 2. The zero-order chi connectivity index (χ0) is 12.3. The Labute approximate surface area is 107 Å². The van der Waals surface area contributed by atoms with E-state index in [9.17, 15) is 9.18 Å². The summed E-state index contributed by atoms with van der Waals surface area (Å²) in [6.07, 6.45) is 1.81. The maximum atomic E-state index is 13.3. The van der Waals surface area contributed by atoms with Gasteiger partial charge in [-0.3, -0.25) is 9.78 Å². The summed E-state index contributed by atoms with van der Waals surface area (Å²) in [6.45, 7) is 0. The van der Waals surface area contributed by atoms with Crippen LogP contribution in [0.15, 0.2) is 47.1 Å². The van der Waals surface area contributed by atoms with Crippen molar-refractivity contribution < 1.29 is 9.18 Å². The SMILES string of the molecule is O=C(Cc1ccccn1)c1ccc(Br)c(F)c1. The van der Waals surface area contributed by atoms with Crippen LogP contribution < -0.4 is 0 Å². The zero-order valence-corrected chi connectivity index (χ0v) is 10.4. The normalized spacial score (nSPS) is 10.2. The number of hydrogen-bond donors (Lipinski definition) is 0. The number of ketones is 1. The van der Waals surface area contributed by atoms with Crippen molar-refractivity contribution in [3.8, 4) is 0 Å². The van der Waals surface area contributed by atoms with Gasteiger partial charge in [-0.15, -0.1) is 0 Å². The quantitative estimate of drug-likeness (QED) is 0.812. The summed E-state index contributed by atoms with van der Waals surface area (Å²) in [5.74, 6) is -0.577. The molecule has 2 aromatic rings. The van der Waals surface area contributed by atoms with Gasteiger partial charge < -0.3 is 0 Å².